The molecule has 1 amide bonds. The lowest BCUT2D eigenvalue weighted by molar-refractivity contribution is 0.103. The van der Waals surface area contributed by atoms with Crippen molar-refractivity contribution in [2.45, 2.75) is 0 Å². The molecule has 3 N–H and O–H groups in total. The molecule has 0 unspecified atom stereocenters. The normalized spacial score (nSPS) is 10.8. The molecular formula is C15H10BrClN2OS. The Morgan fingerprint density at radius 2 is 2.00 bits per heavy atom. The van der Waals surface area contributed by atoms with Gasteiger partial charge in [-0.25, -0.2) is 0 Å². The van der Waals surface area contributed by atoms with Crippen LogP contribution in [-0.2, 0) is 0 Å². The molecule has 0 saturated carbocycles. The molecule has 0 atom stereocenters. The second kappa shape index (κ2) is 5.67. The lowest BCUT2D eigenvalue weighted by atomic mass is 10.2. The second-order valence-corrected chi connectivity index (χ2v) is 6.77. The summed E-state index contributed by atoms with van der Waals surface area (Å²) < 4.78 is 1.86. The van der Waals surface area contributed by atoms with Gasteiger partial charge in [0.2, 0.25) is 0 Å². The van der Waals surface area contributed by atoms with Crippen LogP contribution in [-0.4, -0.2) is 5.91 Å². The highest BCUT2D eigenvalue weighted by Crippen LogP contribution is 2.38. The highest BCUT2D eigenvalue weighted by Gasteiger charge is 2.18. The van der Waals surface area contributed by atoms with Crippen LogP contribution in [0.1, 0.15) is 9.67 Å². The number of carbonyl (C=O) groups excluding carboxylic acids is 1. The highest BCUT2D eigenvalue weighted by molar-refractivity contribution is 9.10. The Labute approximate surface area is 138 Å². The fraction of sp³-hybridized carbons (Fsp3) is 0. The number of rotatable bonds is 2. The number of nitrogens with two attached hydrogens (primary N) is 1. The van der Waals surface area contributed by atoms with E-state index in [4.69, 9.17) is 17.3 Å². The number of halogens is 2. The molecule has 106 valence electrons. The first-order chi connectivity index (χ1) is 10.1. The Kier molecular flexibility index (Phi) is 3.89. The SMILES string of the molecule is Nc1c(C(=O)Nc2cccc(Cl)c2)sc2cccc(Br)c12. The molecule has 21 heavy (non-hydrogen) atoms. The number of amides is 1. The molecule has 0 aliphatic rings. The van der Waals surface area contributed by atoms with Gasteiger partial charge in [-0.05, 0) is 30.3 Å². The third kappa shape index (κ3) is 2.77. The summed E-state index contributed by atoms with van der Waals surface area (Å²) in [5.41, 5.74) is 7.25. The molecule has 0 aliphatic heterocycles. The number of thiophene rings is 1. The van der Waals surface area contributed by atoms with E-state index in [9.17, 15) is 4.79 Å². The number of benzene rings is 2. The maximum absolute atomic E-state index is 12.4. The molecule has 1 heterocycles. The predicted octanol–water partition coefficient (Wildman–Crippen LogP) is 5.15. The first kappa shape index (κ1) is 14.4. The zero-order valence-corrected chi connectivity index (χ0v) is 13.8. The van der Waals surface area contributed by atoms with Gasteiger partial charge in [0.15, 0.2) is 0 Å². The van der Waals surface area contributed by atoms with E-state index < -0.39 is 0 Å². The molecule has 0 spiro atoms. The first-order valence-electron chi connectivity index (χ1n) is 6.09. The van der Waals surface area contributed by atoms with Gasteiger partial charge in [0.25, 0.3) is 5.91 Å². The van der Waals surface area contributed by atoms with E-state index in [0.717, 1.165) is 14.6 Å². The van der Waals surface area contributed by atoms with Crippen molar-refractivity contribution in [3.63, 3.8) is 0 Å². The van der Waals surface area contributed by atoms with Crippen LogP contribution in [0.4, 0.5) is 11.4 Å². The summed E-state index contributed by atoms with van der Waals surface area (Å²) >= 11 is 10.7. The number of hydrogen-bond donors (Lipinski definition) is 2. The molecular weight excluding hydrogens is 372 g/mol. The Hall–Kier alpha value is -1.56. The molecule has 0 fully saturated rings. The van der Waals surface area contributed by atoms with Crippen LogP contribution in [0.5, 0.6) is 0 Å². The fourth-order valence-corrected chi connectivity index (χ4v) is 4.00. The average molecular weight is 382 g/mol. The van der Waals surface area contributed by atoms with Gasteiger partial charge in [0.1, 0.15) is 4.88 Å². The Balaban J connectivity index is 1.99. The summed E-state index contributed by atoms with van der Waals surface area (Å²) in [5.74, 6) is -0.233. The topological polar surface area (TPSA) is 55.1 Å². The highest BCUT2D eigenvalue weighted by atomic mass is 79.9. The van der Waals surface area contributed by atoms with E-state index in [1.165, 1.54) is 11.3 Å². The van der Waals surface area contributed by atoms with Gasteiger partial charge in [-0.3, -0.25) is 4.79 Å². The first-order valence-corrected chi connectivity index (χ1v) is 8.08. The van der Waals surface area contributed by atoms with Gasteiger partial charge >= 0.3 is 0 Å². The van der Waals surface area contributed by atoms with Crippen LogP contribution >= 0.6 is 38.9 Å². The van der Waals surface area contributed by atoms with Crippen LogP contribution in [0.25, 0.3) is 10.1 Å². The van der Waals surface area contributed by atoms with Gasteiger partial charge in [-0.15, -0.1) is 11.3 Å². The van der Waals surface area contributed by atoms with Crippen molar-refractivity contribution in [1.29, 1.82) is 0 Å². The Bertz CT molecular complexity index is 847. The van der Waals surface area contributed by atoms with Crippen molar-refractivity contribution < 1.29 is 4.79 Å². The van der Waals surface area contributed by atoms with Gasteiger partial charge in [-0.2, -0.15) is 0 Å². The van der Waals surface area contributed by atoms with E-state index in [2.05, 4.69) is 21.2 Å². The largest absolute Gasteiger partial charge is 0.397 e. The molecule has 0 aliphatic carbocycles. The zero-order valence-electron chi connectivity index (χ0n) is 10.7. The standard InChI is InChI=1S/C15H10BrClN2OS/c16-10-5-2-6-11-12(10)13(18)14(21-11)15(20)19-9-4-1-3-8(17)7-9/h1-7H,18H2,(H,19,20). The van der Waals surface area contributed by atoms with Crippen LogP contribution < -0.4 is 11.1 Å². The molecule has 3 aromatic rings. The van der Waals surface area contributed by atoms with Crippen molar-refractivity contribution >= 4 is 66.2 Å². The molecule has 0 radical (unpaired) electrons. The predicted molar refractivity (Wildman–Crippen MR) is 93.3 cm³/mol. The zero-order chi connectivity index (χ0) is 15.0. The van der Waals surface area contributed by atoms with E-state index in [0.29, 0.717) is 21.3 Å². The fourth-order valence-electron chi connectivity index (χ4n) is 2.05. The maximum Gasteiger partial charge on any atom is 0.267 e. The average Bonchev–Trinajstić information content (AvgIpc) is 2.77. The minimum Gasteiger partial charge on any atom is -0.397 e. The number of carbonyl (C=O) groups is 1. The third-order valence-corrected chi connectivity index (χ3v) is 5.06. The van der Waals surface area contributed by atoms with E-state index in [1.54, 1.807) is 24.3 Å². The molecule has 0 bridgehead atoms. The van der Waals surface area contributed by atoms with Gasteiger partial charge in [-0.1, -0.05) is 39.7 Å². The van der Waals surface area contributed by atoms with Crippen LogP contribution in [0, 0.1) is 0 Å². The summed E-state index contributed by atoms with van der Waals surface area (Å²) in [6.07, 6.45) is 0. The number of nitrogens with one attached hydrogen (secondary N) is 1. The maximum atomic E-state index is 12.4. The minimum atomic E-state index is -0.233. The molecule has 3 rings (SSSR count). The second-order valence-electron chi connectivity index (χ2n) is 4.42. The van der Waals surface area contributed by atoms with Crippen LogP contribution in [0.3, 0.4) is 0 Å². The third-order valence-electron chi connectivity index (χ3n) is 2.99. The van der Waals surface area contributed by atoms with Crippen molar-refractivity contribution in [1.82, 2.24) is 0 Å². The minimum absolute atomic E-state index is 0.233. The summed E-state index contributed by atoms with van der Waals surface area (Å²) in [6.45, 7) is 0. The van der Waals surface area contributed by atoms with E-state index >= 15 is 0 Å². The van der Waals surface area contributed by atoms with E-state index in [1.807, 2.05) is 18.2 Å². The molecule has 3 nitrogen and oxygen atoms in total. The van der Waals surface area contributed by atoms with Crippen LogP contribution in [0.2, 0.25) is 5.02 Å². The lowest BCUT2D eigenvalue weighted by Gasteiger charge is -2.04. The summed E-state index contributed by atoms with van der Waals surface area (Å²) in [7, 11) is 0. The number of nitrogen functional groups attached to an aromatic ring is 1. The molecule has 2 aromatic carbocycles. The summed E-state index contributed by atoms with van der Waals surface area (Å²) in [5, 5.41) is 4.26. The molecule has 1 aromatic heterocycles. The number of hydrogen-bond acceptors (Lipinski definition) is 3. The van der Waals surface area contributed by atoms with Crippen molar-refractivity contribution in [3.8, 4) is 0 Å². The monoisotopic (exact) mass is 380 g/mol. The van der Waals surface area contributed by atoms with Gasteiger partial charge in [0.05, 0.1) is 5.69 Å². The molecule has 6 heteroatoms. The Morgan fingerprint density at radius 3 is 2.71 bits per heavy atom. The van der Waals surface area contributed by atoms with Crippen molar-refractivity contribution in [2.24, 2.45) is 0 Å². The number of anilines is 2. The Morgan fingerprint density at radius 1 is 1.24 bits per heavy atom. The number of fused-ring (bicyclic) bond motifs is 1. The van der Waals surface area contributed by atoms with Crippen molar-refractivity contribution in [3.05, 3.63) is 56.8 Å². The van der Waals surface area contributed by atoms with Crippen LogP contribution in [0.15, 0.2) is 46.9 Å². The van der Waals surface area contributed by atoms with Gasteiger partial charge < -0.3 is 11.1 Å². The molecule has 0 saturated heterocycles. The smallest absolute Gasteiger partial charge is 0.267 e. The van der Waals surface area contributed by atoms with E-state index in [-0.39, 0.29) is 5.91 Å². The summed E-state index contributed by atoms with van der Waals surface area (Å²) in [6, 6.07) is 12.8. The van der Waals surface area contributed by atoms with Crippen molar-refractivity contribution in [2.75, 3.05) is 11.1 Å². The lowest BCUT2D eigenvalue weighted by Crippen LogP contribution is -2.11. The quantitative estimate of drug-likeness (QED) is 0.645. The van der Waals surface area contributed by atoms with Gasteiger partial charge in [0, 0.05) is 25.3 Å². The summed E-state index contributed by atoms with van der Waals surface area (Å²) in [4.78, 5) is 12.9.